The maximum Gasteiger partial charge on any atom is 0.253 e. The first kappa shape index (κ1) is 87.9. The quantitative estimate of drug-likeness (QED) is 0.0300. The number of para-hydroxylation sites is 4. The van der Waals surface area contributed by atoms with Crippen LogP contribution in [0.1, 0.15) is 108 Å². The molecule has 39 heteroatoms. The van der Waals surface area contributed by atoms with E-state index in [0.29, 0.717) is 161 Å². The lowest BCUT2D eigenvalue weighted by Crippen LogP contribution is -2.18. The molecule has 20 rings (SSSR count). The SMILES string of the molecule is CCC(=O)Cc1ccc(-c2cnc3n[nH]c(-c4nc5c(C(=O)NC)cccc5[nH]4)c3c2)cn1.CCC(=O)Nc1cncc(-c2cnc3n[nH]c(-c4nc5c(C(N)=O)cccc5[nH]4)c3c2)c1.CNC(=O)c1cccc2[nH]c(-c3[nH]nc4ncc(-c5cncc(NC(=O)C(C)C)c5)cc34)nc12.CNC(=O)c1cccc2[nH]c(-c3[nH]nc4ncc(-c5cncc(NC(=O)CC(C)C)c5)cc34)nc12. The molecule has 134 heavy (non-hydrogen) atoms. The highest BCUT2D eigenvalue weighted by Gasteiger charge is 2.25. The molecule has 7 amide bonds. The molecule has 20 aromatic rings. The highest BCUT2D eigenvalue weighted by atomic mass is 16.2. The van der Waals surface area contributed by atoms with Gasteiger partial charge in [-0.3, -0.25) is 78.7 Å². The predicted molar refractivity (Wildman–Crippen MR) is 507 cm³/mol. The maximum absolute atomic E-state index is 12.3. The molecule has 0 aliphatic rings. The third-order valence-corrected chi connectivity index (χ3v) is 21.7. The van der Waals surface area contributed by atoms with Crippen LogP contribution in [0.4, 0.5) is 17.1 Å². The number of H-pyrrole nitrogens is 8. The number of Topliss-reactive ketones (excluding diaryl/α,β-unsaturated/α-hetero) is 1. The number of benzene rings is 4. The summed E-state index contributed by atoms with van der Waals surface area (Å²) in [6, 6.07) is 38.6. The number of rotatable bonds is 22. The fraction of sp³-hybridized carbons (Fsp3) is 0.158. The number of pyridine rings is 8. The molecule has 16 aromatic heterocycles. The van der Waals surface area contributed by atoms with Crippen LogP contribution in [-0.2, 0) is 25.6 Å². The third-order valence-electron chi connectivity index (χ3n) is 21.7. The number of aromatic nitrogens is 24. The Kier molecular flexibility index (Phi) is 24.9. The van der Waals surface area contributed by atoms with Crippen LogP contribution in [0.15, 0.2) is 196 Å². The van der Waals surface area contributed by atoms with E-state index in [1.54, 1.807) is 139 Å². The van der Waals surface area contributed by atoms with Gasteiger partial charge in [0.05, 0.1) is 102 Å². The number of fused-ring (bicyclic) bond motifs is 8. The lowest BCUT2D eigenvalue weighted by Gasteiger charge is -2.09. The van der Waals surface area contributed by atoms with Crippen LogP contribution in [0.3, 0.4) is 0 Å². The Morgan fingerprint density at radius 2 is 0.687 bits per heavy atom. The molecular weight excluding hydrogens is 1700 g/mol. The van der Waals surface area contributed by atoms with E-state index in [4.69, 9.17) is 5.73 Å². The molecule has 0 unspecified atom stereocenters. The number of carbonyl (C=O) groups excluding carboxylic acids is 8. The molecule has 0 aliphatic carbocycles. The molecule has 16 heterocycles. The Labute approximate surface area is 759 Å². The van der Waals surface area contributed by atoms with Crippen molar-refractivity contribution in [2.75, 3.05) is 37.1 Å². The maximum atomic E-state index is 12.3. The minimum atomic E-state index is -0.547. The largest absolute Gasteiger partial charge is 0.366 e. The fourth-order valence-corrected chi connectivity index (χ4v) is 14.9. The van der Waals surface area contributed by atoms with Crippen LogP contribution in [0.5, 0.6) is 0 Å². The Bertz CT molecular complexity index is 7970. The van der Waals surface area contributed by atoms with Gasteiger partial charge in [0, 0.05) is 153 Å². The molecule has 4 aromatic carbocycles. The number of imidazole rings is 4. The molecular formula is C95H85N31O8. The number of amides is 7. The lowest BCUT2D eigenvalue weighted by atomic mass is 10.1. The number of nitrogens with one attached hydrogen (secondary N) is 14. The van der Waals surface area contributed by atoms with Crippen LogP contribution < -0.4 is 37.6 Å². The second kappa shape index (κ2) is 38.0. The second-order valence-electron chi connectivity index (χ2n) is 31.7. The normalized spacial score (nSPS) is 11.2. The van der Waals surface area contributed by atoms with Gasteiger partial charge in [-0.25, -0.2) is 39.9 Å². The summed E-state index contributed by atoms with van der Waals surface area (Å²) in [6.45, 7) is 11.3. The average Bonchev–Trinajstić information content (AvgIpc) is 1.63. The smallest absolute Gasteiger partial charge is 0.253 e. The van der Waals surface area contributed by atoms with Crippen molar-refractivity contribution >= 4 is 152 Å². The first-order valence-electron chi connectivity index (χ1n) is 42.5. The van der Waals surface area contributed by atoms with Crippen molar-refractivity contribution in [2.24, 2.45) is 17.6 Å². The number of ketones is 1. The van der Waals surface area contributed by atoms with E-state index in [1.165, 1.54) is 0 Å². The molecule has 39 nitrogen and oxygen atoms in total. The van der Waals surface area contributed by atoms with E-state index in [0.717, 1.165) is 88.3 Å². The highest BCUT2D eigenvalue weighted by molar-refractivity contribution is 6.10. The van der Waals surface area contributed by atoms with Crippen LogP contribution >= 0.6 is 0 Å². The van der Waals surface area contributed by atoms with Crippen LogP contribution in [-0.4, -0.2) is 189 Å². The van der Waals surface area contributed by atoms with Crippen LogP contribution in [0, 0.1) is 11.8 Å². The van der Waals surface area contributed by atoms with Crippen molar-refractivity contribution in [3.8, 4) is 90.6 Å². The molecule has 16 N–H and O–H groups in total. The van der Waals surface area contributed by atoms with Crippen molar-refractivity contribution < 1.29 is 38.4 Å². The van der Waals surface area contributed by atoms with E-state index in [9.17, 15) is 38.4 Å². The molecule has 668 valence electrons. The zero-order chi connectivity index (χ0) is 93.5. The molecule has 0 spiro atoms. The number of hydrogen-bond donors (Lipinski definition) is 15. The van der Waals surface area contributed by atoms with Gasteiger partial charge in [-0.15, -0.1) is 0 Å². The number of hydrogen-bond acceptors (Lipinski definition) is 24. The molecule has 0 saturated heterocycles. The number of aromatic amines is 8. The van der Waals surface area contributed by atoms with Gasteiger partial charge >= 0.3 is 0 Å². The number of nitrogens with zero attached hydrogens (tertiary/aromatic N) is 16. The molecule has 0 fully saturated rings. The molecule has 0 radical (unpaired) electrons. The zero-order valence-corrected chi connectivity index (χ0v) is 73.5. The van der Waals surface area contributed by atoms with Gasteiger partial charge in [0.1, 0.15) is 50.6 Å². The van der Waals surface area contributed by atoms with Crippen LogP contribution in [0.25, 0.3) is 179 Å². The minimum Gasteiger partial charge on any atom is -0.366 e. The summed E-state index contributed by atoms with van der Waals surface area (Å²) in [5.41, 5.74) is 26.3. The van der Waals surface area contributed by atoms with E-state index in [1.807, 2.05) is 120 Å². The zero-order valence-electron chi connectivity index (χ0n) is 73.5. The van der Waals surface area contributed by atoms with E-state index < -0.39 is 5.91 Å². The Hall–Kier alpha value is -18.2. The van der Waals surface area contributed by atoms with Crippen LogP contribution in [0.2, 0.25) is 0 Å². The predicted octanol–water partition coefficient (Wildman–Crippen LogP) is 13.9. The molecule has 0 atom stereocenters. The molecule has 0 aliphatic heterocycles. The lowest BCUT2D eigenvalue weighted by molar-refractivity contribution is -0.119. The molecule has 0 saturated carbocycles. The van der Waals surface area contributed by atoms with Crippen molar-refractivity contribution in [2.45, 2.75) is 67.2 Å². The van der Waals surface area contributed by atoms with Crippen molar-refractivity contribution in [1.82, 2.24) is 136 Å². The first-order valence-corrected chi connectivity index (χ1v) is 42.5. The summed E-state index contributed by atoms with van der Waals surface area (Å²) in [4.78, 5) is 163. The Balaban J connectivity index is 0.000000124. The van der Waals surface area contributed by atoms with Gasteiger partial charge in [0.25, 0.3) is 23.6 Å². The van der Waals surface area contributed by atoms with Crippen molar-refractivity contribution in [3.05, 3.63) is 224 Å². The van der Waals surface area contributed by atoms with Gasteiger partial charge in [0.15, 0.2) is 45.9 Å². The average molecular weight is 1790 g/mol. The summed E-state index contributed by atoms with van der Waals surface area (Å²) < 4.78 is 0. The minimum absolute atomic E-state index is 0.0503. The second-order valence-corrected chi connectivity index (χ2v) is 31.7. The number of primary amides is 1. The van der Waals surface area contributed by atoms with Gasteiger partial charge < -0.3 is 57.6 Å². The Morgan fingerprint density at radius 1 is 0.358 bits per heavy atom. The summed E-state index contributed by atoms with van der Waals surface area (Å²) in [7, 11) is 4.76. The fourth-order valence-electron chi connectivity index (χ4n) is 14.9. The summed E-state index contributed by atoms with van der Waals surface area (Å²) in [5, 5.41) is 48.7. The summed E-state index contributed by atoms with van der Waals surface area (Å²) >= 11 is 0. The van der Waals surface area contributed by atoms with Crippen molar-refractivity contribution in [3.63, 3.8) is 0 Å². The molecule has 0 bridgehead atoms. The van der Waals surface area contributed by atoms with Gasteiger partial charge in [-0.05, 0) is 103 Å². The Morgan fingerprint density at radius 3 is 1.01 bits per heavy atom. The van der Waals surface area contributed by atoms with E-state index >= 15 is 0 Å². The third kappa shape index (κ3) is 18.5. The van der Waals surface area contributed by atoms with Gasteiger partial charge in [0.2, 0.25) is 17.7 Å². The standard InChI is InChI=1S/C25H24N8O2.C24H22N8O2.C24H21N7O2.C22H18N8O2/c1-13(2)7-20(34)29-16-8-14(10-27-12-16)15-9-18-22(32-33-23(18)28-11-15)24-30-19-6-4-5-17(21(19)31-24)25(35)26-3;1-12(2)23(33)28-15-7-13(9-26-11-15)14-8-17-20(31-32-21(17)27-10-14)22-29-18-6-4-5-16(19(18)30-22)24(34)25-3;1-3-16(32)10-15-8-7-13(11-26-15)14-9-18-21(30-31-22(18)27-12-14)23-28-19-6-4-5-17(20(19)29-23)24(33)25-2;1-2-17(31)26-13-6-11(8-24-10-13)12-7-15-19(29-30-21(15)25-9-12)22-27-16-5-3-4-14(20(23)32)18(16)28-22/h4-6,8-13H,7H2,1-3H3,(H,26,35)(H,29,34)(H,30,31)(H,28,32,33);4-12H,1-3H3,(H,25,34)(H,28,33)(H,29,30)(H,27,31,32);4-9,11-12H,3,10H2,1-2H3,(H,25,33)(H,28,29)(H,27,30,31);3-10H,2H2,1H3,(H2,23,32)(H,26,31)(H,27,28)(H,25,29,30). The summed E-state index contributed by atoms with van der Waals surface area (Å²) in [6.07, 6.45) is 20.2. The number of carbonyl (C=O) groups is 8. The number of nitrogens with two attached hydrogens (primary N) is 1. The monoisotopic (exact) mass is 1790 g/mol. The topological polar surface area (TPSA) is 567 Å². The highest BCUT2D eigenvalue weighted by Crippen LogP contribution is 2.37. The van der Waals surface area contributed by atoms with Crippen molar-refractivity contribution in [1.29, 1.82) is 0 Å². The van der Waals surface area contributed by atoms with Gasteiger partial charge in [-0.2, -0.15) is 20.4 Å². The van der Waals surface area contributed by atoms with E-state index in [2.05, 4.69) is 152 Å². The first-order chi connectivity index (χ1) is 65.0. The van der Waals surface area contributed by atoms with Gasteiger partial charge in [-0.1, -0.05) is 71.9 Å². The number of anilines is 3. The summed E-state index contributed by atoms with van der Waals surface area (Å²) in [5.74, 6) is 1.08. The van der Waals surface area contributed by atoms with E-state index in [-0.39, 0.29) is 53.1 Å².